The van der Waals surface area contributed by atoms with Crippen molar-refractivity contribution in [2.24, 2.45) is 0 Å². The zero-order chi connectivity index (χ0) is 41.1. The minimum atomic E-state index is 0.0823. The summed E-state index contributed by atoms with van der Waals surface area (Å²) < 4.78 is 1.36. The molecule has 2 aliphatic carbocycles. The number of nitrogens with zero attached hydrogens (tertiary/aromatic N) is 2. The average molecular weight is 781 g/mol. The van der Waals surface area contributed by atoms with E-state index >= 15 is 0 Å². The molecule has 0 spiro atoms. The van der Waals surface area contributed by atoms with Gasteiger partial charge in [-0.05, 0) is 170 Å². The van der Waals surface area contributed by atoms with Crippen LogP contribution in [0.3, 0.4) is 0 Å². The lowest BCUT2D eigenvalue weighted by molar-refractivity contribution is 0.331. The lowest BCUT2D eigenvalue weighted by Crippen LogP contribution is -2.61. The fourth-order valence-corrected chi connectivity index (χ4v) is 12.5. The summed E-state index contributed by atoms with van der Waals surface area (Å²) in [5.41, 5.74) is 21.5. The molecule has 0 amide bonds. The van der Waals surface area contributed by atoms with Crippen molar-refractivity contribution >= 4 is 78.0 Å². The number of thiophene rings is 1. The lowest BCUT2D eigenvalue weighted by atomic mass is 9.33. The van der Waals surface area contributed by atoms with Gasteiger partial charge in [-0.15, -0.1) is 11.3 Å². The highest BCUT2D eigenvalue weighted by atomic mass is 32.1. The van der Waals surface area contributed by atoms with E-state index in [9.17, 15) is 0 Å². The number of rotatable bonds is 2. The van der Waals surface area contributed by atoms with Crippen LogP contribution in [0, 0.1) is 13.8 Å². The summed E-state index contributed by atoms with van der Waals surface area (Å²) in [5.74, 6) is 0. The van der Waals surface area contributed by atoms with Gasteiger partial charge in [0, 0.05) is 33.1 Å². The molecule has 0 radical (unpaired) electrons. The van der Waals surface area contributed by atoms with Gasteiger partial charge < -0.3 is 9.80 Å². The highest BCUT2D eigenvalue weighted by Crippen LogP contribution is 2.54. The van der Waals surface area contributed by atoms with E-state index in [1.54, 1.807) is 0 Å². The normalized spacial score (nSPS) is 19.3. The van der Waals surface area contributed by atoms with Crippen molar-refractivity contribution in [2.75, 3.05) is 9.80 Å². The third-order valence-corrected chi connectivity index (χ3v) is 16.3. The number of fused-ring (bicyclic) bond motifs is 8. The Labute approximate surface area is 352 Å². The molecule has 2 aliphatic heterocycles. The van der Waals surface area contributed by atoms with Gasteiger partial charge in [-0.2, -0.15) is 0 Å². The predicted octanol–water partition coefficient (Wildman–Crippen LogP) is 13.6. The summed E-state index contributed by atoms with van der Waals surface area (Å²) in [6.07, 6.45) is 4.80. The van der Waals surface area contributed by atoms with Crippen molar-refractivity contribution in [3.63, 3.8) is 0 Å². The van der Waals surface area contributed by atoms with Crippen LogP contribution in [-0.4, -0.2) is 6.71 Å². The van der Waals surface area contributed by atoms with Gasteiger partial charge in [0.25, 0.3) is 6.71 Å². The molecule has 4 aliphatic rings. The third kappa shape index (κ3) is 5.42. The van der Waals surface area contributed by atoms with E-state index in [1.807, 2.05) is 11.3 Å². The predicted molar refractivity (Wildman–Crippen MR) is 255 cm³/mol. The summed E-state index contributed by atoms with van der Waals surface area (Å²) >= 11 is 1.96. The molecular weight excluding hydrogens is 719 g/mol. The van der Waals surface area contributed by atoms with Crippen molar-refractivity contribution in [1.29, 1.82) is 0 Å². The van der Waals surface area contributed by atoms with E-state index in [0.717, 1.165) is 0 Å². The Morgan fingerprint density at radius 1 is 0.552 bits per heavy atom. The molecule has 4 heteroatoms. The average Bonchev–Trinajstić information content (AvgIpc) is 3.54. The number of hydrogen-bond acceptors (Lipinski definition) is 3. The Morgan fingerprint density at radius 3 is 1.66 bits per heavy atom. The molecule has 6 aromatic rings. The fourth-order valence-electron chi connectivity index (χ4n) is 11.2. The summed E-state index contributed by atoms with van der Waals surface area (Å²) in [4.78, 5) is 5.35. The molecule has 10 rings (SSSR count). The van der Waals surface area contributed by atoms with Crippen LogP contribution in [0.2, 0.25) is 0 Å². The van der Waals surface area contributed by atoms with Crippen molar-refractivity contribution in [2.45, 2.75) is 143 Å². The standard InChI is InChI=1S/C54H61BN2S/c1-32-26-44-48-45(27-32)57(42-30-39-37(28-33(42)2)51(6,7)22-24-53(39,10)11)43-31-40-38(52(8,9)23-25-54(40,12)13)29-41(43)55(48)47-36-16-14-15-17-46(36)58-49(47)56(44)35-20-18-34(19-21-35)50(3,4)5/h14-21,26-31H,22-25H2,1-13H3. The van der Waals surface area contributed by atoms with Gasteiger partial charge in [0.2, 0.25) is 0 Å². The van der Waals surface area contributed by atoms with E-state index in [1.165, 1.54) is 125 Å². The summed E-state index contributed by atoms with van der Waals surface area (Å²) in [5, 5.41) is 2.73. The molecule has 0 saturated carbocycles. The minimum absolute atomic E-state index is 0.0823. The number of hydrogen-bond donors (Lipinski definition) is 0. The fraction of sp³-hybridized carbons (Fsp3) is 0.407. The molecule has 58 heavy (non-hydrogen) atoms. The monoisotopic (exact) mass is 780 g/mol. The van der Waals surface area contributed by atoms with Crippen molar-refractivity contribution in [3.05, 3.63) is 124 Å². The summed E-state index contributed by atoms with van der Waals surface area (Å²) in [6, 6.07) is 34.2. The smallest absolute Gasteiger partial charge is 0.254 e. The minimum Gasteiger partial charge on any atom is -0.311 e. The first-order valence-corrected chi connectivity index (χ1v) is 22.7. The Kier molecular flexibility index (Phi) is 7.96. The topological polar surface area (TPSA) is 6.48 Å². The van der Waals surface area contributed by atoms with Crippen LogP contribution in [0.1, 0.15) is 141 Å². The zero-order valence-electron chi connectivity index (χ0n) is 37.3. The van der Waals surface area contributed by atoms with Crippen LogP contribution in [0.25, 0.3) is 10.1 Å². The maximum Gasteiger partial charge on any atom is 0.254 e. The second kappa shape index (κ2) is 12.2. The molecule has 0 saturated heterocycles. The maximum atomic E-state index is 2.73. The molecule has 1 aromatic heterocycles. The molecule has 0 N–H and O–H groups in total. The van der Waals surface area contributed by atoms with Gasteiger partial charge in [0.05, 0.1) is 5.00 Å². The molecular formula is C54H61BN2S. The first-order valence-electron chi connectivity index (χ1n) is 21.9. The van der Waals surface area contributed by atoms with E-state index in [4.69, 9.17) is 0 Å². The van der Waals surface area contributed by atoms with Crippen molar-refractivity contribution in [3.8, 4) is 0 Å². The first-order chi connectivity index (χ1) is 27.2. The number of aryl methyl sites for hydroxylation is 2. The Morgan fingerprint density at radius 2 is 1.07 bits per heavy atom. The largest absolute Gasteiger partial charge is 0.311 e. The van der Waals surface area contributed by atoms with Gasteiger partial charge in [0.1, 0.15) is 0 Å². The maximum absolute atomic E-state index is 2.73. The second-order valence-electron chi connectivity index (χ2n) is 22.1. The van der Waals surface area contributed by atoms with Crippen LogP contribution in [0.4, 0.5) is 33.4 Å². The third-order valence-electron chi connectivity index (χ3n) is 15.1. The van der Waals surface area contributed by atoms with Crippen LogP contribution >= 0.6 is 11.3 Å². The molecule has 0 fully saturated rings. The molecule has 0 bridgehead atoms. The highest BCUT2D eigenvalue weighted by Gasteiger charge is 2.48. The summed E-state index contributed by atoms with van der Waals surface area (Å²) in [7, 11) is 0. The van der Waals surface area contributed by atoms with Crippen LogP contribution in [0.5, 0.6) is 0 Å². The van der Waals surface area contributed by atoms with Gasteiger partial charge in [-0.3, -0.25) is 0 Å². The zero-order valence-corrected chi connectivity index (χ0v) is 38.1. The molecule has 0 unspecified atom stereocenters. The molecule has 5 aromatic carbocycles. The van der Waals surface area contributed by atoms with Crippen LogP contribution in [0.15, 0.2) is 84.9 Å². The Hall–Kier alpha value is -4.28. The lowest BCUT2D eigenvalue weighted by Gasteiger charge is -2.48. The van der Waals surface area contributed by atoms with Crippen molar-refractivity contribution in [1.82, 2.24) is 0 Å². The summed E-state index contributed by atoms with van der Waals surface area (Å²) in [6.45, 7) is 31.5. The Bertz CT molecular complexity index is 2700. The molecule has 0 atom stereocenters. The number of anilines is 6. The van der Waals surface area contributed by atoms with E-state index in [0.29, 0.717) is 0 Å². The van der Waals surface area contributed by atoms with Gasteiger partial charge in [-0.25, -0.2) is 0 Å². The molecule has 3 heterocycles. The van der Waals surface area contributed by atoms with Gasteiger partial charge in [0.15, 0.2) is 0 Å². The molecule has 296 valence electrons. The van der Waals surface area contributed by atoms with E-state index in [2.05, 4.69) is 185 Å². The van der Waals surface area contributed by atoms with Crippen LogP contribution in [-0.2, 0) is 27.1 Å². The van der Waals surface area contributed by atoms with Gasteiger partial charge in [-0.1, -0.05) is 119 Å². The van der Waals surface area contributed by atoms with E-state index < -0.39 is 0 Å². The number of benzene rings is 5. The Balaban J connectivity index is 1.34. The van der Waals surface area contributed by atoms with Crippen molar-refractivity contribution < 1.29 is 0 Å². The highest BCUT2D eigenvalue weighted by molar-refractivity contribution is 7.26. The molecule has 2 nitrogen and oxygen atoms in total. The van der Waals surface area contributed by atoms with Crippen LogP contribution < -0.4 is 26.2 Å². The van der Waals surface area contributed by atoms with E-state index in [-0.39, 0.29) is 33.8 Å². The SMILES string of the molecule is Cc1cc2c3c(c1)N(c1ccc(C(C)(C)C)cc1)c1sc4ccccc4c1B3c1cc3c(cc1N2c1cc2c(cc1C)C(C)(C)CCC2(C)C)C(C)(C)CCC3(C)C. The second-order valence-corrected chi connectivity index (χ2v) is 23.1. The van der Waals surface area contributed by atoms with Gasteiger partial charge >= 0.3 is 0 Å². The quantitative estimate of drug-likeness (QED) is 0.161. The first kappa shape index (κ1) is 38.0.